The number of nitrogens with one attached hydrogen (secondary N) is 3. The lowest BCUT2D eigenvalue weighted by atomic mass is 10.1. The number of hydrogen-bond donors (Lipinski definition) is 4. The quantitative estimate of drug-likeness (QED) is 0.590. The summed E-state index contributed by atoms with van der Waals surface area (Å²) in [5.74, 6) is 0.000159. The number of carboxylic acid groups (broad SMARTS) is 1. The number of hydrazone groups is 1. The standard InChI is InChI=1S/C10H12N4O3/c1-2-17-8-4-6(9-11-13-14-12-9)3-7(5-8)10(15)16/h3-5,13-14H,2H2,1H3,(H,11,12)(H,15,16). The van der Waals surface area contributed by atoms with Crippen molar-refractivity contribution in [2.75, 3.05) is 6.61 Å². The van der Waals surface area contributed by atoms with Gasteiger partial charge in [0.05, 0.1) is 12.2 Å². The molecule has 2 rings (SSSR count). The van der Waals surface area contributed by atoms with E-state index in [1.54, 1.807) is 6.07 Å². The summed E-state index contributed by atoms with van der Waals surface area (Å²) in [6, 6.07) is 4.72. The molecule has 0 unspecified atom stereocenters. The fourth-order valence-corrected chi connectivity index (χ4v) is 1.44. The van der Waals surface area contributed by atoms with E-state index in [1.165, 1.54) is 12.1 Å². The van der Waals surface area contributed by atoms with Gasteiger partial charge in [-0.25, -0.2) is 10.3 Å². The number of benzene rings is 1. The maximum atomic E-state index is 11.0. The van der Waals surface area contributed by atoms with Crippen LogP contribution < -0.4 is 21.2 Å². The van der Waals surface area contributed by atoms with Gasteiger partial charge in [-0.3, -0.25) is 5.43 Å². The van der Waals surface area contributed by atoms with Gasteiger partial charge in [-0.1, -0.05) is 0 Å². The van der Waals surface area contributed by atoms with Crippen LogP contribution in [-0.4, -0.2) is 23.5 Å². The summed E-state index contributed by atoms with van der Waals surface area (Å²) < 4.78 is 5.31. The Kier molecular flexibility index (Phi) is 3.10. The molecule has 0 spiro atoms. The number of hydrazine groups is 2. The maximum absolute atomic E-state index is 11.0. The number of nitrogens with zero attached hydrogens (tertiary/aromatic N) is 1. The molecule has 0 radical (unpaired) electrons. The molecule has 7 nitrogen and oxygen atoms in total. The van der Waals surface area contributed by atoms with E-state index in [4.69, 9.17) is 9.84 Å². The van der Waals surface area contributed by atoms with Crippen LogP contribution in [0, 0.1) is 0 Å². The highest BCUT2D eigenvalue weighted by molar-refractivity contribution is 6.01. The first-order valence-electron chi connectivity index (χ1n) is 5.06. The van der Waals surface area contributed by atoms with Gasteiger partial charge in [-0.05, 0) is 25.1 Å². The van der Waals surface area contributed by atoms with Crippen LogP contribution in [0.1, 0.15) is 22.8 Å². The summed E-state index contributed by atoms with van der Waals surface area (Å²) in [6.45, 7) is 2.31. The predicted octanol–water partition coefficient (Wildman–Crippen LogP) is 0.0575. The SMILES string of the molecule is CCOc1cc(C(=O)O)cc(C2=NNNN2)c1. The Bertz CT molecular complexity index is 473. The Hall–Kier alpha value is -2.28. The molecule has 0 atom stereocenters. The second-order valence-corrected chi connectivity index (χ2v) is 3.31. The Morgan fingerprint density at radius 2 is 2.29 bits per heavy atom. The van der Waals surface area contributed by atoms with E-state index in [1.807, 2.05) is 6.92 Å². The van der Waals surface area contributed by atoms with Gasteiger partial charge >= 0.3 is 5.97 Å². The third kappa shape index (κ3) is 2.45. The van der Waals surface area contributed by atoms with Crippen LogP contribution in [0.15, 0.2) is 23.3 Å². The molecule has 17 heavy (non-hydrogen) atoms. The Morgan fingerprint density at radius 1 is 1.47 bits per heavy atom. The molecule has 1 aliphatic rings. The molecule has 0 saturated heterocycles. The highest BCUT2D eigenvalue weighted by atomic mass is 16.5. The van der Waals surface area contributed by atoms with Crippen LogP contribution in [0.4, 0.5) is 0 Å². The van der Waals surface area contributed by atoms with E-state index in [0.717, 1.165) is 0 Å². The zero-order chi connectivity index (χ0) is 12.3. The fraction of sp³-hybridized carbons (Fsp3) is 0.200. The Balaban J connectivity index is 2.40. The second kappa shape index (κ2) is 4.71. The molecule has 90 valence electrons. The topological polar surface area (TPSA) is 95.0 Å². The zero-order valence-corrected chi connectivity index (χ0v) is 9.15. The van der Waals surface area contributed by atoms with E-state index in [0.29, 0.717) is 23.8 Å². The lowest BCUT2D eigenvalue weighted by Crippen LogP contribution is -2.35. The summed E-state index contributed by atoms with van der Waals surface area (Å²) >= 11 is 0. The normalized spacial score (nSPS) is 13.6. The van der Waals surface area contributed by atoms with Crippen molar-refractivity contribution in [1.82, 2.24) is 16.5 Å². The molecule has 4 N–H and O–H groups in total. The van der Waals surface area contributed by atoms with Gasteiger partial charge in [0.15, 0.2) is 5.84 Å². The lowest BCUT2D eigenvalue weighted by Gasteiger charge is -2.07. The monoisotopic (exact) mass is 236 g/mol. The van der Waals surface area contributed by atoms with Crippen LogP contribution in [0.2, 0.25) is 0 Å². The molecular weight excluding hydrogens is 224 g/mol. The van der Waals surface area contributed by atoms with Crippen molar-refractivity contribution in [2.45, 2.75) is 6.92 Å². The molecule has 0 fully saturated rings. The highest BCUT2D eigenvalue weighted by Gasteiger charge is 2.13. The number of aromatic carboxylic acids is 1. The van der Waals surface area contributed by atoms with E-state index in [-0.39, 0.29) is 5.56 Å². The predicted molar refractivity (Wildman–Crippen MR) is 60.5 cm³/mol. The van der Waals surface area contributed by atoms with Gasteiger partial charge in [-0.15, -0.1) is 10.6 Å². The zero-order valence-electron chi connectivity index (χ0n) is 9.15. The minimum absolute atomic E-state index is 0.155. The summed E-state index contributed by atoms with van der Waals surface area (Å²) in [7, 11) is 0. The largest absolute Gasteiger partial charge is 0.494 e. The van der Waals surface area contributed by atoms with E-state index in [9.17, 15) is 4.79 Å². The molecule has 1 aromatic carbocycles. The van der Waals surface area contributed by atoms with Crippen LogP contribution in [0.5, 0.6) is 5.75 Å². The van der Waals surface area contributed by atoms with Crippen molar-refractivity contribution in [3.05, 3.63) is 29.3 Å². The van der Waals surface area contributed by atoms with Crippen molar-refractivity contribution in [3.63, 3.8) is 0 Å². The first kappa shape index (κ1) is 11.2. The van der Waals surface area contributed by atoms with Crippen LogP contribution in [0.3, 0.4) is 0 Å². The molecule has 1 heterocycles. The van der Waals surface area contributed by atoms with Crippen LogP contribution >= 0.6 is 0 Å². The number of hydrogen-bond acceptors (Lipinski definition) is 6. The summed E-state index contributed by atoms with van der Waals surface area (Å²) in [5, 5.41) is 12.9. The van der Waals surface area contributed by atoms with Crippen molar-refractivity contribution in [1.29, 1.82) is 0 Å². The minimum Gasteiger partial charge on any atom is -0.494 e. The molecule has 1 aliphatic heterocycles. The maximum Gasteiger partial charge on any atom is 0.335 e. The van der Waals surface area contributed by atoms with Crippen molar-refractivity contribution < 1.29 is 14.6 Å². The molecule has 0 saturated carbocycles. The van der Waals surface area contributed by atoms with E-state index >= 15 is 0 Å². The minimum atomic E-state index is -1.01. The van der Waals surface area contributed by atoms with E-state index < -0.39 is 5.97 Å². The van der Waals surface area contributed by atoms with Gasteiger partial charge in [0.2, 0.25) is 0 Å². The molecule has 0 bridgehead atoms. The van der Waals surface area contributed by atoms with Gasteiger partial charge in [0, 0.05) is 5.56 Å². The lowest BCUT2D eigenvalue weighted by molar-refractivity contribution is 0.0696. The van der Waals surface area contributed by atoms with E-state index in [2.05, 4.69) is 21.6 Å². The molecule has 1 aromatic rings. The average molecular weight is 236 g/mol. The first-order chi connectivity index (χ1) is 8.20. The summed E-state index contributed by atoms with van der Waals surface area (Å²) in [6.07, 6.45) is 0. The molecular formula is C10H12N4O3. The molecule has 7 heteroatoms. The van der Waals surface area contributed by atoms with Crippen molar-refractivity contribution in [2.24, 2.45) is 5.10 Å². The van der Waals surface area contributed by atoms with Crippen molar-refractivity contribution >= 4 is 11.8 Å². The second-order valence-electron chi connectivity index (χ2n) is 3.31. The Morgan fingerprint density at radius 3 is 2.88 bits per heavy atom. The summed E-state index contributed by atoms with van der Waals surface area (Å²) in [5.41, 5.74) is 8.62. The number of amidine groups is 1. The third-order valence-corrected chi connectivity index (χ3v) is 2.14. The number of rotatable bonds is 4. The number of carboxylic acids is 1. The summed E-state index contributed by atoms with van der Waals surface area (Å²) in [4.78, 5) is 11.0. The molecule has 0 amide bonds. The van der Waals surface area contributed by atoms with Crippen molar-refractivity contribution in [3.8, 4) is 5.75 Å². The van der Waals surface area contributed by atoms with Crippen LogP contribution in [0.25, 0.3) is 0 Å². The smallest absolute Gasteiger partial charge is 0.335 e. The van der Waals surface area contributed by atoms with Gasteiger partial charge in [0.1, 0.15) is 5.75 Å². The number of carbonyl (C=O) groups is 1. The molecule has 0 aliphatic carbocycles. The van der Waals surface area contributed by atoms with Gasteiger partial charge < -0.3 is 9.84 Å². The first-order valence-corrected chi connectivity index (χ1v) is 5.06. The average Bonchev–Trinajstić information content (AvgIpc) is 2.82. The van der Waals surface area contributed by atoms with Gasteiger partial charge in [-0.2, -0.15) is 0 Å². The van der Waals surface area contributed by atoms with Gasteiger partial charge in [0.25, 0.3) is 0 Å². The van der Waals surface area contributed by atoms with Crippen LogP contribution in [-0.2, 0) is 0 Å². The Labute approximate surface area is 97.4 Å². The fourth-order valence-electron chi connectivity index (χ4n) is 1.44. The number of ether oxygens (including phenoxy) is 1. The highest BCUT2D eigenvalue weighted by Crippen LogP contribution is 2.18. The third-order valence-electron chi connectivity index (χ3n) is 2.14. The molecule has 0 aromatic heterocycles.